The number of hydrogen-bond donors (Lipinski definition) is 0. The molecule has 4 aliphatic rings. The van der Waals surface area contributed by atoms with Gasteiger partial charge in [-0.15, -0.1) is 0 Å². The van der Waals surface area contributed by atoms with Crippen molar-refractivity contribution in [2.45, 2.75) is 73.1 Å². The molecule has 2 aromatic carbocycles. The van der Waals surface area contributed by atoms with Crippen molar-refractivity contribution in [2.75, 3.05) is 18.1 Å². The van der Waals surface area contributed by atoms with Gasteiger partial charge in [0.15, 0.2) is 0 Å². The van der Waals surface area contributed by atoms with Crippen LogP contribution in [-0.4, -0.2) is 49.8 Å². The van der Waals surface area contributed by atoms with Crippen LogP contribution in [-0.2, 0) is 13.7 Å². The molecule has 2 aromatic rings. The van der Waals surface area contributed by atoms with Crippen molar-refractivity contribution in [2.24, 2.45) is 17.8 Å². The molecular formula is C27H29F9O4S2. The van der Waals surface area contributed by atoms with Crippen molar-refractivity contribution in [3.05, 3.63) is 36.4 Å². The van der Waals surface area contributed by atoms with Crippen molar-refractivity contribution in [1.29, 1.82) is 0 Å². The summed E-state index contributed by atoms with van der Waals surface area (Å²) in [7, 11) is -10.3. The van der Waals surface area contributed by atoms with Crippen LogP contribution < -0.4 is 4.74 Å². The predicted molar refractivity (Wildman–Crippen MR) is 139 cm³/mol. The maximum atomic E-state index is 14.5. The topological polar surface area (TPSA) is 52.6 Å². The molecule has 0 aromatic heterocycles. The first-order valence-electron chi connectivity index (χ1n) is 13.5. The van der Waals surface area contributed by atoms with Crippen LogP contribution in [0, 0.1) is 17.8 Å². The maximum Gasteiger partial charge on any atom is 0.460 e. The van der Waals surface area contributed by atoms with E-state index in [1.807, 2.05) is 0 Å². The fraction of sp³-hybridized carbons (Fsp3) is 0.630. The number of alkyl halides is 9. The molecule has 236 valence electrons. The van der Waals surface area contributed by atoms with Gasteiger partial charge >= 0.3 is 33.4 Å². The van der Waals surface area contributed by atoms with Gasteiger partial charge in [0.05, 0.1) is 6.61 Å². The number of rotatable bonds is 9. The molecule has 0 amide bonds. The van der Waals surface area contributed by atoms with Crippen LogP contribution in [0.15, 0.2) is 41.3 Å². The fourth-order valence-corrected chi connectivity index (χ4v) is 12.0. The SMILES string of the molecule is O=S(=O)(OS1(c2ccc3cc(OCC4CC5CCC4CC5)ccc3c2)CCCC1)C(F)(F)C(F)(F)C(F)(F)C(F)(F)F. The Labute approximate surface area is 238 Å². The number of fused-ring (bicyclic) bond motifs is 4. The van der Waals surface area contributed by atoms with E-state index in [0.29, 0.717) is 35.0 Å². The molecule has 15 heteroatoms. The monoisotopic (exact) mass is 652 g/mol. The molecule has 1 atom stereocenters. The van der Waals surface area contributed by atoms with Crippen molar-refractivity contribution in [1.82, 2.24) is 0 Å². The molecule has 42 heavy (non-hydrogen) atoms. The van der Waals surface area contributed by atoms with Crippen LogP contribution in [0.25, 0.3) is 10.8 Å². The van der Waals surface area contributed by atoms with E-state index in [1.165, 1.54) is 43.9 Å². The smallest absolute Gasteiger partial charge is 0.460 e. The highest BCUT2D eigenvalue weighted by molar-refractivity contribution is 8.33. The highest BCUT2D eigenvalue weighted by atomic mass is 32.3. The molecule has 1 saturated heterocycles. The molecule has 1 heterocycles. The third-order valence-corrected chi connectivity index (χ3v) is 14.4. The van der Waals surface area contributed by atoms with Crippen molar-refractivity contribution >= 4 is 31.2 Å². The van der Waals surface area contributed by atoms with Gasteiger partial charge in [-0.1, -0.05) is 35.3 Å². The van der Waals surface area contributed by atoms with Gasteiger partial charge in [0, 0.05) is 16.4 Å². The lowest BCUT2D eigenvalue weighted by Gasteiger charge is -2.42. The molecule has 1 unspecified atom stereocenters. The van der Waals surface area contributed by atoms with Gasteiger partial charge in [-0.3, -0.25) is 0 Å². The van der Waals surface area contributed by atoms with Crippen LogP contribution in [0.4, 0.5) is 39.5 Å². The van der Waals surface area contributed by atoms with Gasteiger partial charge < -0.3 is 4.74 Å². The zero-order valence-electron chi connectivity index (χ0n) is 22.1. The Morgan fingerprint density at radius 1 is 0.786 bits per heavy atom. The maximum absolute atomic E-state index is 14.5. The second-order valence-electron chi connectivity index (χ2n) is 11.4. The standard InChI is InChI=1S/C27H29F9O4S2/c28-24(29,26(32,33)34)25(30,31)27(35,36)42(37,38)40-41(11-1-2-12-41)23-10-8-19-14-22(9-7-20(19)15-23)39-16-21-13-17-3-5-18(21)6-4-17/h7-10,14-15,17-18,21H,1-6,11-13,16H2. The van der Waals surface area contributed by atoms with E-state index in [0.717, 1.165) is 12.3 Å². The van der Waals surface area contributed by atoms with Crippen LogP contribution in [0.3, 0.4) is 0 Å². The van der Waals surface area contributed by atoms with Gasteiger partial charge in [0.25, 0.3) is 0 Å². The zero-order chi connectivity index (χ0) is 30.8. The minimum Gasteiger partial charge on any atom is -0.493 e. The van der Waals surface area contributed by atoms with E-state index < -0.39 is 43.7 Å². The molecule has 0 spiro atoms. The van der Waals surface area contributed by atoms with E-state index in [4.69, 9.17) is 4.74 Å². The quantitative estimate of drug-likeness (QED) is 0.255. The van der Waals surface area contributed by atoms with Gasteiger partial charge in [0.1, 0.15) is 5.75 Å². The summed E-state index contributed by atoms with van der Waals surface area (Å²) in [6, 6.07) is 9.38. The number of benzene rings is 2. The highest BCUT2D eigenvalue weighted by Crippen LogP contribution is 2.65. The summed E-state index contributed by atoms with van der Waals surface area (Å²) in [5.41, 5.74) is 0. The first kappa shape index (κ1) is 31.6. The molecule has 2 bridgehead atoms. The molecule has 4 fully saturated rings. The predicted octanol–water partition coefficient (Wildman–Crippen LogP) is 8.69. The molecular weight excluding hydrogens is 623 g/mol. The normalized spacial score (nSPS) is 26.0. The van der Waals surface area contributed by atoms with Crippen LogP contribution in [0.5, 0.6) is 5.75 Å². The first-order chi connectivity index (χ1) is 19.4. The van der Waals surface area contributed by atoms with Gasteiger partial charge in [-0.05, 0) is 84.9 Å². The Hall–Kier alpha value is -1.87. The lowest BCUT2D eigenvalue weighted by Crippen LogP contribution is -2.63. The van der Waals surface area contributed by atoms with E-state index in [1.54, 1.807) is 18.2 Å². The fourth-order valence-electron chi connectivity index (χ4n) is 6.29. The third kappa shape index (κ3) is 5.24. The molecule has 1 aliphatic heterocycles. The van der Waals surface area contributed by atoms with Crippen LogP contribution in [0.2, 0.25) is 0 Å². The largest absolute Gasteiger partial charge is 0.493 e. The average molecular weight is 653 g/mol. The summed E-state index contributed by atoms with van der Waals surface area (Å²) in [6.45, 7) is 0.565. The Bertz CT molecular complexity index is 1410. The lowest BCUT2D eigenvalue weighted by molar-refractivity contribution is -0.382. The number of ether oxygens (including phenoxy) is 1. The molecule has 3 aliphatic carbocycles. The van der Waals surface area contributed by atoms with Gasteiger partial charge in [-0.2, -0.15) is 47.9 Å². The highest BCUT2D eigenvalue weighted by Gasteiger charge is 2.86. The summed E-state index contributed by atoms with van der Waals surface area (Å²) in [4.78, 5) is 0.0599. The van der Waals surface area contributed by atoms with Crippen LogP contribution >= 0.6 is 10.3 Å². The molecule has 0 radical (unpaired) electrons. The van der Waals surface area contributed by atoms with E-state index in [-0.39, 0.29) is 29.2 Å². The van der Waals surface area contributed by atoms with Gasteiger partial charge in [0.2, 0.25) is 0 Å². The summed E-state index contributed by atoms with van der Waals surface area (Å²) >= 11 is 0. The molecule has 6 rings (SSSR count). The first-order valence-corrected chi connectivity index (χ1v) is 16.8. The minimum absolute atomic E-state index is 0.0599. The van der Waals surface area contributed by atoms with E-state index >= 15 is 0 Å². The molecule has 4 nitrogen and oxygen atoms in total. The third-order valence-electron chi connectivity index (χ3n) is 8.72. The Morgan fingerprint density at radius 3 is 1.95 bits per heavy atom. The second kappa shape index (κ2) is 10.6. The van der Waals surface area contributed by atoms with Crippen molar-refractivity contribution in [3.63, 3.8) is 0 Å². The summed E-state index contributed by atoms with van der Waals surface area (Å²) in [6.07, 6.45) is -0.621. The Balaban J connectivity index is 1.38. The summed E-state index contributed by atoms with van der Waals surface area (Å²) in [5, 5.41) is -5.74. The number of hydrogen-bond acceptors (Lipinski definition) is 4. The van der Waals surface area contributed by atoms with Crippen molar-refractivity contribution < 1.29 is 56.3 Å². The summed E-state index contributed by atoms with van der Waals surface area (Å²) < 4.78 is 157. The zero-order valence-corrected chi connectivity index (χ0v) is 23.8. The van der Waals surface area contributed by atoms with Crippen molar-refractivity contribution in [3.8, 4) is 5.75 Å². The molecule has 3 saturated carbocycles. The minimum atomic E-state index is -7.35. The lowest BCUT2D eigenvalue weighted by atomic mass is 9.65. The second-order valence-corrected chi connectivity index (χ2v) is 16.2. The Morgan fingerprint density at radius 2 is 1.38 bits per heavy atom. The van der Waals surface area contributed by atoms with E-state index in [2.05, 4.69) is 3.63 Å². The Kier molecular flexibility index (Phi) is 7.99. The molecule has 0 N–H and O–H groups in total. The average Bonchev–Trinajstić information content (AvgIpc) is 3.40. The van der Waals surface area contributed by atoms with E-state index in [9.17, 15) is 47.9 Å². The van der Waals surface area contributed by atoms with Crippen LogP contribution in [0.1, 0.15) is 44.9 Å². The summed E-state index contributed by atoms with van der Waals surface area (Å²) in [5.74, 6) is -12.6. The van der Waals surface area contributed by atoms with Gasteiger partial charge in [-0.25, -0.2) is 3.63 Å². The number of halogens is 9.